The molecule has 0 saturated carbocycles. The van der Waals surface area contributed by atoms with Crippen molar-refractivity contribution in [2.45, 2.75) is 44.7 Å². The molecule has 0 amide bonds. The number of H-pyrrole nitrogens is 1. The molecule has 4 nitrogen and oxygen atoms in total. The Morgan fingerprint density at radius 2 is 2.06 bits per heavy atom. The summed E-state index contributed by atoms with van der Waals surface area (Å²) in [5.74, 6) is 0.541. The normalized spacial score (nSPS) is 22.5. The van der Waals surface area contributed by atoms with Crippen molar-refractivity contribution < 1.29 is 13.2 Å². The fraction of sp³-hybridized carbons (Fsp3) is 0.542. The van der Waals surface area contributed by atoms with Crippen LogP contribution >= 0.6 is 11.3 Å². The maximum absolute atomic E-state index is 13.5. The van der Waals surface area contributed by atoms with Gasteiger partial charge in [-0.1, -0.05) is 18.2 Å². The number of likely N-dealkylation sites (tertiary alicyclic amines) is 1. The van der Waals surface area contributed by atoms with Crippen LogP contribution in [0.25, 0.3) is 10.9 Å². The summed E-state index contributed by atoms with van der Waals surface area (Å²) in [4.78, 5) is 13.5. The highest BCUT2D eigenvalue weighted by atomic mass is 32.1. The van der Waals surface area contributed by atoms with Crippen molar-refractivity contribution in [2.24, 2.45) is 5.92 Å². The predicted molar refractivity (Wildman–Crippen MR) is 122 cm³/mol. The maximum Gasteiger partial charge on any atom is 0.251 e. The monoisotopic (exact) mass is 462 g/mol. The van der Waals surface area contributed by atoms with Crippen molar-refractivity contribution in [2.75, 3.05) is 32.9 Å². The van der Waals surface area contributed by atoms with Gasteiger partial charge in [0.15, 0.2) is 0 Å². The summed E-state index contributed by atoms with van der Waals surface area (Å²) < 4.78 is 39.4. The second-order valence-electron chi connectivity index (χ2n) is 9.14. The van der Waals surface area contributed by atoms with E-state index in [1.54, 1.807) is 11.3 Å². The minimum atomic E-state index is -2.39. The van der Waals surface area contributed by atoms with Gasteiger partial charge in [0.1, 0.15) is 0 Å². The third-order valence-corrected chi connectivity index (χ3v) is 7.88. The van der Waals surface area contributed by atoms with E-state index >= 15 is 0 Å². The van der Waals surface area contributed by atoms with Crippen LogP contribution in [0.3, 0.4) is 0 Å². The van der Waals surface area contributed by atoms with Crippen molar-refractivity contribution in [1.29, 1.82) is 0 Å². The van der Waals surface area contributed by atoms with Gasteiger partial charge in [-0.25, -0.2) is 13.8 Å². The van der Waals surface area contributed by atoms with Gasteiger partial charge in [0, 0.05) is 59.8 Å². The molecule has 32 heavy (non-hydrogen) atoms. The quantitative estimate of drug-likeness (QED) is 0.508. The van der Waals surface area contributed by atoms with Crippen LogP contribution in [-0.4, -0.2) is 65.1 Å². The molecule has 2 aromatic heterocycles. The Kier molecular flexibility index (Phi) is 6.27. The number of hydrogen-bond acceptors (Lipinski definition) is 4. The number of alkyl halides is 3. The number of rotatable bonds is 8. The zero-order chi connectivity index (χ0) is 22.2. The molecule has 0 spiro atoms. The average molecular weight is 463 g/mol. The number of nitrogens with zero attached hydrogens (tertiary/aromatic N) is 3. The first kappa shape index (κ1) is 21.9. The molecule has 2 aliphatic rings. The highest BCUT2D eigenvalue weighted by Crippen LogP contribution is 2.42. The van der Waals surface area contributed by atoms with Gasteiger partial charge in [-0.2, -0.15) is 0 Å². The number of aromatic amines is 1. The minimum Gasteiger partial charge on any atom is -0.357 e. The first-order chi connectivity index (χ1) is 15.5. The van der Waals surface area contributed by atoms with Crippen molar-refractivity contribution in [3.05, 3.63) is 51.6 Å². The lowest BCUT2D eigenvalue weighted by molar-refractivity contribution is 0.0464. The predicted octanol–water partition coefficient (Wildman–Crippen LogP) is 5.06. The lowest BCUT2D eigenvalue weighted by Gasteiger charge is -2.40. The van der Waals surface area contributed by atoms with E-state index in [4.69, 9.17) is 0 Å². The van der Waals surface area contributed by atoms with Gasteiger partial charge in [-0.05, 0) is 37.3 Å². The zero-order valence-corrected chi connectivity index (χ0v) is 19.1. The first-order valence-corrected chi connectivity index (χ1v) is 12.2. The molecule has 4 heterocycles. The van der Waals surface area contributed by atoms with Crippen LogP contribution in [0.5, 0.6) is 0 Å². The number of thiazole rings is 1. The van der Waals surface area contributed by atoms with Crippen LogP contribution in [0.2, 0.25) is 0 Å². The van der Waals surface area contributed by atoms with E-state index in [9.17, 15) is 13.2 Å². The molecule has 0 unspecified atom stereocenters. The Balaban J connectivity index is 1.41. The SMILES string of the molecule is C[C@@H]1Cc2c([nH]c3ccccc23)[C@@H](c2cnc(CC3CN(CCCF)C3)s2)N1CC(F)F. The van der Waals surface area contributed by atoms with E-state index in [1.165, 1.54) is 10.9 Å². The summed E-state index contributed by atoms with van der Waals surface area (Å²) in [6.45, 7) is 4.32. The van der Waals surface area contributed by atoms with Crippen LogP contribution in [0.1, 0.15) is 40.5 Å². The molecule has 3 aromatic rings. The number of aromatic nitrogens is 2. The van der Waals surface area contributed by atoms with Crippen molar-refractivity contribution in [1.82, 2.24) is 19.8 Å². The molecule has 1 saturated heterocycles. The summed E-state index contributed by atoms with van der Waals surface area (Å²) in [6, 6.07) is 7.98. The molecular formula is C24H29F3N4S. The van der Waals surface area contributed by atoms with Crippen molar-refractivity contribution in [3.8, 4) is 0 Å². The minimum absolute atomic E-state index is 0.0157. The van der Waals surface area contributed by atoms with Crippen LogP contribution in [-0.2, 0) is 12.8 Å². The fourth-order valence-electron chi connectivity index (χ4n) is 5.32. The van der Waals surface area contributed by atoms with Gasteiger partial charge in [0.2, 0.25) is 0 Å². The number of halogens is 3. The lowest BCUT2D eigenvalue weighted by Crippen LogP contribution is -2.47. The molecule has 8 heteroatoms. The van der Waals surface area contributed by atoms with E-state index in [0.717, 1.165) is 53.6 Å². The van der Waals surface area contributed by atoms with E-state index < -0.39 is 6.43 Å². The molecule has 0 bridgehead atoms. The van der Waals surface area contributed by atoms with Crippen molar-refractivity contribution in [3.63, 3.8) is 0 Å². The van der Waals surface area contributed by atoms with Gasteiger partial charge in [0.05, 0.1) is 24.3 Å². The van der Waals surface area contributed by atoms with Gasteiger partial charge < -0.3 is 9.88 Å². The smallest absolute Gasteiger partial charge is 0.251 e. The molecule has 2 atom stereocenters. The van der Waals surface area contributed by atoms with Gasteiger partial charge in [-0.3, -0.25) is 9.29 Å². The molecule has 1 N–H and O–H groups in total. The molecule has 5 rings (SSSR count). The van der Waals surface area contributed by atoms with Crippen LogP contribution in [0.4, 0.5) is 13.2 Å². The Morgan fingerprint density at radius 3 is 2.84 bits per heavy atom. The van der Waals surface area contributed by atoms with E-state index in [1.807, 2.05) is 30.2 Å². The highest BCUT2D eigenvalue weighted by molar-refractivity contribution is 7.11. The molecule has 2 aliphatic heterocycles. The molecular weight excluding hydrogens is 433 g/mol. The number of para-hydroxylation sites is 1. The fourth-order valence-corrected chi connectivity index (χ4v) is 6.49. The van der Waals surface area contributed by atoms with Crippen LogP contribution < -0.4 is 0 Å². The maximum atomic E-state index is 13.5. The van der Waals surface area contributed by atoms with E-state index in [2.05, 4.69) is 27.0 Å². The Morgan fingerprint density at radius 1 is 1.25 bits per heavy atom. The van der Waals surface area contributed by atoms with Crippen LogP contribution in [0.15, 0.2) is 30.5 Å². The average Bonchev–Trinajstić information content (AvgIpc) is 3.34. The number of fused-ring (bicyclic) bond motifs is 3. The second-order valence-corrected chi connectivity index (χ2v) is 10.3. The highest BCUT2D eigenvalue weighted by Gasteiger charge is 2.38. The number of nitrogens with one attached hydrogen (secondary N) is 1. The first-order valence-electron chi connectivity index (χ1n) is 11.4. The Hall–Kier alpha value is -1.90. The molecule has 0 aliphatic carbocycles. The van der Waals surface area contributed by atoms with Gasteiger partial charge in [-0.15, -0.1) is 11.3 Å². The van der Waals surface area contributed by atoms with E-state index in [0.29, 0.717) is 12.3 Å². The molecule has 0 radical (unpaired) electrons. The third-order valence-electron chi connectivity index (χ3n) is 6.81. The summed E-state index contributed by atoms with van der Waals surface area (Å²) in [7, 11) is 0. The lowest BCUT2D eigenvalue weighted by atomic mass is 9.92. The largest absolute Gasteiger partial charge is 0.357 e. The Labute approximate surface area is 190 Å². The second kappa shape index (κ2) is 9.15. The Bertz CT molecular complexity index is 1060. The topological polar surface area (TPSA) is 35.2 Å². The zero-order valence-electron chi connectivity index (χ0n) is 18.2. The standard InChI is InChI=1S/C24H29F3N4S/c1-15-9-18-17-5-2-3-6-19(17)29-23(18)24(31(15)14-21(26)27)20-11-28-22(32-20)10-16-12-30(13-16)8-4-7-25/h2-3,5-6,11,15-16,21,24,29H,4,7-10,12-14H2,1H3/t15-,24-/m1/s1. The van der Waals surface area contributed by atoms with Crippen LogP contribution in [0, 0.1) is 5.92 Å². The van der Waals surface area contributed by atoms with Gasteiger partial charge in [0.25, 0.3) is 6.43 Å². The summed E-state index contributed by atoms with van der Waals surface area (Å²) >= 11 is 1.65. The summed E-state index contributed by atoms with van der Waals surface area (Å²) in [6.07, 6.45) is 1.75. The third kappa shape index (κ3) is 4.20. The summed E-state index contributed by atoms with van der Waals surface area (Å²) in [5.41, 5.74) is 3.32. The number of hydrogen-bond donors (Lipinski definition) is 1. The van der Waals surface area contributed by atoms with Gasteiger partial charge >= 0.3 is 0 Å². The van der Waals surface area contributed by atoms with E-state index in [-0.39, 0.29) is 25.3 Å². The van der Waals surface area contributed by atoms with Crippen molar-refractivity contribution >= 4 is 22.2 Å². The molecule has 1 fully saturated rings. The molecule has 172 valence electrons. The number of benzene rings is 1. The molecule has 1 aromatic carbocycles. The summed E-state index contributed by atoms with van der Waals surface area (Å²) in [5, 5.41) is 2.24.